The smallest absolute Gasteiger partial charge is 0.161 e. The van der Waals surface area contributed by atoms with Crippen LogP contribution in [0.5, 0.6) is 11.5 Å². The molecule has 1 aromatic carbocycles. The van der Waals surface area contributed by atoms with Crippen LogP contribution in [0.4, 0.5) is 0 Å². The maximum atomic E-state index is 10.5. The zero-order valence-corrected chi connectivity index (χ0v) is 13.8. The van der Waals surface area contributed by atoms with Crippen molar-refractivity contribution in [3.63, 3.8) is 0 Å². The fourth-order valence-corrected chi connectivity index (χ4v) is 3.95. The summed E-state index contributed by atoms with van der Waals surface area (Å²) < 4.78 is 10.7. The molecule has 0 spiro atoms. The molecule has 2 fully saturated rings. The minimum Gasteiger partial charge on any atom is -0.493 e. The van der Waals surface area contributed by atoms with E-state index in [0.717, 1.165) is 31.1 Å². The third kappa shape index (κ3) is 2.47. The second-order valence-corrected chi connectivity index (χ2v) is 6.90. The maximum absolute atomic E-state index is 10.5. The third-order valence-corrected chi connectivity index (χ3v) is 5.13. The number of ether oxygens (including phenoxy) is 2. The molecule has 122 valence electrons. The SMILES string of the molecule is COc1ccc([C@@H]2NC[C@@]3(C)CN2C[C@@H](C)[C@@H]3O)cc1OC. The van der Waals surface area contributed by atoms with Crippen LogP contribution in [0.25, 0.3) is 0 Å². The van der Waals surface area contributed by atoms with Crippen molar-refractivity contribution < 1.29 is 14.6 Å². The van der Waals surface area contributed by atoms with Gasteiger partial charge in [0.25, 0.3) is 0 Å². The van der Waals surface area contributed by atoms with E-state index < -0.39 is 0 Å². The Balaban J connectivity index is 1.87. The molecular weight excluding hydrogens is 280 g/mol. The summed E-state index contributed by atoms with van der Waals surface area (Å²) in [5.41, 5.74) is 1.09. The van der Waals surface area contributed by atoms with Crippen LogP contribution in [-0.4, -0.2) is 50.0 Å². The van der Waals surface area contributed by atoms with Gasteiger partial charge in [-0.15, -0.1) is 0 Å². The van der Waals surface area contributed by atoms with E-state index in [1.165, 1.54) is 5.56 Å². The Morgan fingerprint density at radius 1 is 1.27 bits per heavy atom. The molecule has 0 saturated carbocycles. The van der Waals surface area contributed by atoms with Crippen LogP contribution in [0.15, 0.2) is 18.2 Å². The number of nitrogens with one attached hydrogen (secondary N) is 1. The van der Waals surface area contributed by atoms with Crippen LogP contribution >= 0.6 is 0 Å². The molecule has 1 unspecified atom stereocenters. The van der Waals surface area contributed by atoms with E-state index in [-0.39, 0.29) is 23.6 Å². The summed E-state index contributed by atoms with van der Waals surface area (Å²) in [4.78, 5) is 2.42. The Labute approximate surface area is 132 Å². The molecule has 2 heterocycles. The van der Waals surface area contributed by atoms with E-state index in [9.17, 15) is 5.11 Å². The number of fused-ring (bicyclic) bond motifs is 2. The Morgan fingerprint density at radius 3 is 2.68 bits per heavy atom. The average Bonchev–Trinajstić information content (AvgIpc) is 2.52. The summed E-state index contributed by atoms with van der Waals surface area (Å²) in [6, 6.07) is 6.07. The highest BCUT2D eigenvalue weighted by Gasteiger charge is 2.47. The van der Waals surface area contributed by atoms with E-state index in [0.29, 0.717) is 0 Å². The van der Waals surface area contributed by atoms with Crippen molar-refractivity contribution >= 4 is 0 Å². The van der Waals surface area contributed by atoms with E-state index in [4.69, 9.17) is 9.47 Å². The number of benzene rings is 1. The number of nitrogens with zero attached hydrogens (tertiary/aromatic N) is 1. The average molecular weight is 306 g/mol. The molecule has 1 aromatic rings. The molecule has 2 aliphatic heterocycles. The van der Waals surface area contributed by atoms with Gasteiger partial charge in [0.2, 0.25) is 0 Å². The zero-order chi connectivity index (χ0) is 15.9. The molecule has 2 bridgehead atoms. The van der Waals surface area contributed by atoms with Crippen LogP contribution in [0.3, 0.4) is 0 Å². The van der Waals surface area contributed by atoms with Gasteiger partial charge in [-0.2, -0.15) is 0 Å². The summed E-state index contributed by atoms with van der Waals surface area (Å²) in [5, 5.41) is 14.0. The predicted molar refractivity (Wildman–Crippen MR) is 85.1 cm³/mol. The molecule has 5 atom stereocenters. The number of aliphatic hydroxyl groups is 1. The van der Waals surface area contributed by atoms with Gasteiger partial charge in [-0.1, -0.05) is 19.9 Å². The molecule has 22 heavy (non-hydrogen) atoms. The number of aliphatic hydroxyl groups excluding tert-OH is 1. The predicted octanol–water partition coefficient (Wildman–Crippen LogP) is 1.62. The lowest BCUT2D eigenvalue weighted by atomic mass is 9.72. The molecule has 0 aromatic heterocycles. The first-order valence-corrected chi connectivity index (χ1v) is 7.86. The highest BCUT2D eigenvalue weighted by atomic mass is 16.5. The van der Waals surface area contributed by atoms with Gasteiger partial charge in [0.15, 0.2) is 11.5 Å². The first kappa shape index (κ1) is 15.6. The number of hydrogen-bond donors (Lipinski definition) is 2. The molecule has 0 radical (unpaired) electrons. The van der Waals surface area contributed by atoms with Crippen molar-refractivity contribution in [1.29, 1.82) is 0 Å². The second-order valence-electron chi connectivity index (χ2n) is 6.90. The van der Waals surface area contributed by atoms with Crippen molar-refractivity contribution in [3.8, 4) is 11.5 Å². The lowest BCUT2D eigenvalue weighted by Gasteiger charge is -2.54. The van der Waals surface area contributed by atoms with E-state index in [2.05, 4.69) is 30.1 Å². The van der Waals surface area contributed by atoms with Gasteiger partial charge in [-0.3, -0.25) is 10.2 Å². The molecule has 2 N–H and O–H groups in total. The number of hydrogen-bond acceptors (Lipinski definition) is 5. The number of methoxy groups -OCH3 is 2. The molecule has 5 heteroatoms. The summed E-state index contributed by atoms with van der Waals surface area (Å²) in [7, 11) is 3.31. The van der Waals surface area contributed by atoms with Gasteiger partial charge >= 0.3 is 0 Å². The minimum atomic E-state index is -0.248. The Kier molecular flexibility index (Phi) is 4.05. The topological polar surface area (TPSA) is 54.0 Å². The second kappa shape index (κ2) is 5.72. The van der Waals surface area contributed by atoms with Crippen molar-refractivity contribution in [2.45, 2.75) is 26.1 Å². The number of rotatable bonds is 3. The van der Waals surface area contributed by atoms with Gasteiger partial charge in [-0.05, 0) is 23.6 Å². The molecule has 2 saturated heterocycles. The molecule has 0 amide bonds. The lowest BCUT2D eigenvalue weighted by Crippen LogP contribution is -2.65. The normalized spacial score (nSPS) is 37.7. The summed E-state index contributed by atoms with van der Waals surface area (Å²) in [6.07, 6.45) is -0.0922. The fourth-order valence-electron chi connectivity index (χ4n) is 3.95. The van der Waals surface area contributed by atoms with Crippen LogP contribution < -0.4 is 14.8 Å². The molecular formula is C17H26N2O3. The standard InChI is InChI=1S/C17H26N2O3/c1-11-8-19-10-17(2,15(11)20)9-18-16(19)12-5-6-13(21-3)14(7-12)22-4/h5-7,11,15-16,18,20H,8-10H2,1-4H3/t11-,15+,16-,17+/m1/s1. The zero-order valence-electron chi connectivity index (χ0n) is 13.8. The molecule has 2 aliphatic rings. The Bertz CT molecular complexity index is 551. The summed E-state index contributed by atoms with van der Waals surface area (Å²) >= 11 is 0. The monoisotopic (exact) mass is 306 g/mol. The summed E-state index contributed by atoms with van der Waals surface area (Å²) in [5.74, 6) is 1.78. The van der Waals surface area contributed by atoms with Crippen LogP contribution in [0.1, 0.15) is 25.6 Å². The van der Waals surface area contributed by atoms with Crippen molar-refractivity contribution in [2.75, 3.05) is 33.9 Å². The van der Waals surface area contributed by atoms with E-state index in [1.54, 1.807) is 14.2 Å². The first-order chi connectivity index (χ1) is 10.5. The molecule has 0 aliphatic carbocycles. The summed E-state index contributed by atoms with van der Waals surface area (Å²) in [6.45, 7) is 6.91. The molecule has 5 nitrogen and oxygen atoms in total. The van der Waals surface area contributed by atoms with Gasteiger partial charge < -0.3 is 14.6 Å². The van der Waals surface area contributed by atoms with Crippen molar-refractivity contribution in [3.05, 3.63) is 23.8 Å². The van der Waals surface area contributed by atoms with E-state index in [1.807, 2.05) is 12.1 Å². The fraction of sp³-hybridized carbons (Fsp3) is 0.647. The quantitative estimate of drug-likeness (QED) is 0.889. The highest BCUT2D eigenvalue weighted by molar-refractivity contribution is 5.43. The van der Waals surface area contributed by atoms with Gasteiger partial charge in [0.1, 0.15) is 0 Å². The first-order valence-electron chi connectivity index (χ1n) is 7.86. The van der Waals surface area contributed by atoms with Gasteiger partial charge in [0.05, 0.1) is 26.5 Å². The third-order valence-electron chi connectivity index (χ3n) is 5.13. The van der Waals surface area contributed by atoms with Crippen LogP contribution in [0, 0.1) is 11.3 Å². The highest BCUT2D eigenvalue weighted by Crippen LogP contribution is 2.41. The van der Waals surface area contributed by atoms with Crippen molar-refractivity contribution in [1.82, 2.24) is 10.2 Å². The van der Waals surface area contributed by atoms with Crippen LogP contribution in [0.2, 0.25) is 0 Å². The van der Waals surface area contributed by atoms with Gasteiger partial charge in [0, 0.05) is 25.0 Å². The van der Waals surface area contributed by atoms with E-state index >= 15 is 0 Å². The lowest BCUT2D eigenvalue weighted by molar-refractivity contribution is -0.114. The molecule has 3 rings (SSSR count). The largest absolute Gasteiger partial charge is 0.493 e. The number of piperidine rings is 1. The minimum absolute atomic E-state index is 0.0786. The van der Waals surface area contributed by atoms with Crippen molar-refractivity contribution in [2.24, 2.45) is 11.3 Å². The van der Waals surface area contributed by atoms with Gasteiger partial charge in [-0.25, -0.2) is 0 Å². The Morgan fingerprint density at radius 2 is 2.00 bits per heavy atom. The maximum Gasteiger partial charge on any atom is 0.161 e. The van der Waals surface area contributed by atoms with Crippen LogP contribution in [-0.2, 0) is 0 Å². The Hall–Kier alpha value is -1.30.